The van der Waals surface area contributed by atoms with E-state index in [0.29, 0.717) is 27.9 Å². The van der Waals surface area contributed by atoms with Gasteiger partial charge in [-0.25, -0.2) is 9.97 Å². The lowest BCUT2D eigenvalue weighted by atomic mass is 10.1. The number of anilines is 2. The van der Waals surface area contributed by atoms with E-state index in [1.165, 1.54) is 0 Å². The van der Waals surface area contributed by atoms with E-state index in [4.69, 9.17) is 16.1 Å². The number of aromatic nitrogens is 4. The van der Waals surface area contributed by atoms with Crippen molar-refractivity contribution in [2.75, 3.05) is 5.32 Å². The van der Waals surface area contributed by atoms with Gasteiger partial charge in [-0.3, -0.25) is 0 Å². The zero-order valence-corrected chi connectivity index (χ0v) is 15.6. The predicted molar refractivity (Wildman–Crippen MR) is 104 cm³/mol. The number of hydrogen-bond acceptors (Lipinski definition) is 6. The van der Waals surface area contributed by atoms with E-state index in [0.717, 1.165) is 22.5 Å². The second kappa shape index (κ2) is 7.27. The highest BCUT2D eigenvalue weighted by atomic mass is 35.5. The molecule has 8 heteroatoms. The Balaban J connectivity index is 0.00000196. The summed E-state index contributed by atoms with van der Waals surface area (Å²) in [4.78, 5) is 13.3. The molecule has 0 bridgehead atoms. The monoisotopic (exact) mass is 387 g/mol. The lowest BCUT2D eigenvalue weighted by Gasteiger charge is -2.13. The molecule has 1 N–H and O–H groups in total. The van der Waals surface area contributed by atoms with E-state index in [1.807, 2.05) is 43.3 Å². The van der Waals surface area contributed by atoms with Gasteiger partial charge in [0.05, 0.1) is 11.3 Å². The van der Waals surface area contributed by atoms with Crippen LogP contribution in [0.5, 0.6) is 0 Å². The molecule has 0 aliphatic heterocycles. The smallest absolute Gasteiger partial charge is 0.261 e. The second-order valence-electron chi connectivity index (χ2n) is 5.65. The SMILES string of the molecule is Cc1ccc2c(Nc3ccc(Cl)cc3)c(-c3nc(C)no3)cnc2n1.Cl. The van der Waals surface area contributed by atoms with Crippen LogP contribution in [-0.4, -0.2) is 20.1 Å². The van der Waals surface area contributed by atoms with Crippen LogP contribution in [0.25, 0.3) is 22.5 Å². The van der Waals surface area contributed by atoms with E-state index in [-0.39, 0.29) is 12.4 Å². The molecule has 0 saturated heterocycles. The molecule has 0 fully saturated rings. The summed E-state index contributed by atoms with van der Waals surface area (Å²) in [5.41, 5.74) is 3.96. The minimum atomic E-state index is 0. The van der Waals surface area contributed by atoms with Crippen molar-refractivity contribution in [3.63, 3.8) is 0 Å². The van der Waals surface area contributed by atoms with Crippen LogP contribution in [0.3, 0.4) is 0 Å². The Morgan fingerprint density at radius 1 is 1.00 bits per heavy atom. The summed E-state index contributed by atoms with van der Waals surface area (Å²) in [6.07, 6.45) is 1.69. The standard InChI is InChI=1S/C18H14ClN5O.ClH/c1-10-3-8-14-16(23-13-6-4-12(19)5-7-13)15(9-20-17(14)21-10)18-22-11(2)24-25-18;/h3-9H,1-2H3,(H,20,21,23);1H. The Labute approximate surface area is 161 Å². The van der Waals surface area contributed by atoms with E-state index in [9.17, 15) is 0 Å². The first-order valence-corrected chi connectivity index (χ1v) is 8.07. The van der Waals surface area contributed by atoms with Gasteiger partial charge in [-0.1, -0.05) is 16.8 Å². The molecule has 6 nitrogen and oxygen atoms in total. The van der Waals surface area contributed by atoms with Crippen molar-refractivity contribution in [1.29, 1.82) is 0 Å². The second-order valence-corrected chi connectivity index (χ2v) is 6.09. The quantitative estimate of drug-likeness (QED) is 0.525. The van der Waals surface area contributed by atoms with Gasteiger partial charge in [0.2, 0.25) is 0 Å². The highest BCUT2D eigenvalue weighted by molar-refractivity contribution is 6.30. The molecule has 0 amide bonds. The van der Waals surface area contributed by atoms with Gasteiger partial charge >= 0.3 is 0 Å². The number of hydrogen-bond donors (Lipinski definition) is 1. The van der Waals surface area contributed by atoms with Crippen LogP contribution in [0.15, 0.2) is 47.1 Å². The minimum absolute atomic E-state index is 0. The van der Waals surface area contributed by atoms with Gasteiger partial charge < -0.3 is 9.84 Å². The third-order valence-corrected chi connectivity index (χ3v) is 3.99. The largest absolute Gasteiger partial charge is 0.354 e. The fraction of sp³-hybridized carbons (Fsp3) is 0.111. The lowest BCUT2D eigenvalue weighted by molar-refractivity contribution is 0.425. The molecule has 4 aromatic rings. The first-order chi connectivity index (χ1) is 12.1. The predicted octanol–water partition coefficient (Wildman–Crippen LogP) is 5.12. The molecular formula is C18H15Cl2N5O. The van der Waals surface area contributed by atoms with Gasteiger partial charge in [-0.05, 0) is 50.2 Å². The first-order valence-electron chi connectivity index (χ1n) is 7.70. The number of rotatable bonds is 3. The molecule has 1 aromatic carbocycles. The van der Waals surface area contributed by atoms with Gasteiger partial charge in [0, 0.05) is 28.0 Å². The third-order valence-electron chi connectivity index (χ3n) is 3.74. The van der Waals surface area contributed by atoms with E-state index < -0.39 is 0 Å². The maximum Gasteiger partial charge on any atom is 0.261 e. The molecule has 0 aliphatic carbocycles. The van der Waals surface area contributed by atoms with Crippen LogP contribution < -0.4 is 5.32 Å². The Morgan fingerprint density at radius 3 is 2.46 bits per heavy atom. The zero-order valence-electron chi connectivity index (χ0n) is 14.0. The van der Waals surface area contributed by atoms with Crippen molar-refractivity contribution in [2.24, 2.45) is 0 Å². The summed E-state index contributed by atoms with van der Waals surface area (Å²) in [5, 5.41) is 8.82. The molecule has 26 heavy (non-hydrogen) atoms. The average molecular weight is 388 g/mol. The molecule has 0 atom stereocenters. The van der Waals surface area contributed by atoms with Crippen LogP contribution in [0.4, 0.5) is 11.4 Å². The number of nitrogens with zero attached hydrogens (tertiary/aromatic N) is 4. The first kappa shape index (κ1) is 18.1. The molecule has 3 aromatic heterocycles. The van der Waals surface area contributed by atoms with Crippen molar-refractivity contribution in [2.45, 2.75) is 13.8 Å². The van der Waals surface area contributed by atoms with Crippen molar-refractivity contribution < 1.29 is 4.52 Å². The van der Waals surface area contributed by atoms with Gasteiger partial charge in [0.15, 0.2) is 11.5 Å². The van der Waals surface area contributed by atoms with Crippen LogP contribution in [-0.2, 0) is 0 Å². The van der Waals surface area contributed by atoms with Crippen LogP contribution in [0.1, 0.15) is 11.5 Å². The summed E-state index contributed by atoms with van der Waals surface area (Å²) in [6, 6.07) is 11.4. The van der Waals surface area contributed by atoms with Gasteiger partial charge in [0.1, 0.15) is 0 Å². The van der Waals surface area contributed by atoms with Gasteiger partial charge in [-0.15, -0.1) is 12.4 Å². The summed E-state index contributed by atoms with van der Waals surface area (Å²) < 4.78 is 5.34. The summed E-state index contributed by atoms with van der Waals surface area (Å²) in [6.45, 7) is 3.71. The maximum atomic E-state index is 5.98. The number of pyridine rings is 2. The third kappa shape index (κ3) is 3.47. The zero-order chi connectivity index (χ0) is 17.4. The number of halogens is 2. The molecule has 0 spiro atoms. The fourth-order valence-electron chi connectivity index (χ4n) is 2.55. The normalized spacial score (nSPS) is 10.6. The van der Waals surface area contributed by atoms with Gasteiger partial charge in [-0.2, -0.15) is 4.98 Å². The maximum absolute atomic E-state index is 5.98. The summed E-state index contributed by atoms with van der Waals surface area (Å²) in [5.74, 6) is 0.971. The minimum Gasteiger partial charge on any atom is -0.354 e. The highest BCUT2D eigenvalue weighted by Crippen LogP contribution is 2.34. The Bertz CT molecular complexity index is 1060. The Kier molecular flexibility index (Phi) is 5.06. The van der Waals surface area contributed by atoms with Crippen LogP contribution >= 0.6 is 24.0 Å². The van der Waals surface area contributed by atoms with Gasteiger partial charge in [0.25, 0.3) is 5.89 Å². The van der Waals surface area contributed by atoms with Crippen molar-refractivity contribution >= 4 is 46.4 Å². The van der Waals surface area contributed by atoms with Crippen LogP contribution in [0.2, 0.25) is 5.02 Å². The average Bonchev–Trinajstić information content (AvgIpc) is 3.03. The molecule has 0 aliphatic rings. The molecule has 3 heterocycles. The fourth-order valence-corrected chi connectivity index (χ4v) is 2.68. The highest BCUT2D eigenvalue weighted by Gasteiger charge is 2.17. The molecule has 0 unspecified atom stereocenters. The van der Waals surface area contributed by atoms with E-state index in [2.05, 4.69) is 25.4 Å². The van der Waals surface area contributed by atoms with Crippen molar-refractivity contribution in [3.05, 3.63) is 59.1 Å². The number of nitrogens with one attached hydrogen (secondary N) is 1. The lowest BCUT2D eigenvalue weighted by Crippen LogP contribution is -1.98. The summed E-state index contributed by atoms with van der Waals surface area (Å²) >= 11 is 5.98. The van der Waals surface area contributed by atoms with E-state index in [1.54, 1.807) is 13.1 Å². The van der Waals surface area contributed by atoms with Crippen molar-refractivity contribution in [1.82, 2.24) is 20.1 Å². The van der Waals surface area contributed by atoms with Crippen molar-refractivity contribution in [3.8, 4) is 11.5 Å². The molecule has 132 valence electrons. The summed E-state index contributed by atoms with van der Waals surface area (Å²) in [7, 11) is 0. The number of aryl methyl sites for hydroxylation is 2. The number of benzene rings is 1. The Morgan fingerprint density at radius 2 is 1.77 bits per heavy atom. The molecule has 0 saturated carbocycles. The molecule has 0 radical (unpaired) electrons. The molecular weight excluding hydrogens is 373 g/mol. The molecule has 4 rings (SSSR count). The Hall–Kier alpha value is -2.70. The number of fused-ring (bicyclic) bond motifs is 1. The van der Waals surface area contributed by atoms with E-state index >= 15 is 0 Å². The van der Waals surface area contributed by atoms with Crippen LogP contribution in [0, 0.1) is 13.8 Å². The topological polar surface area (TPSA) is 76.7 Å².